The number of piperidine rings is 1. The molecule has 7 rings (SSSR count). The summed E-state index contributed by atoms with van der Waals surface area (Å²) in [4.78, 5) is 25.7. The van der Waals surface area contributed by atoms with Crippen molar-refractivity contribution in [1.82, 2.24) is 24.0 Å². The van der Waals surface area contributed by atoms with Crippen LogP contribution in [0.1, 0.15) is 43.0 Å². The first-order valence-electron chi connectivity index (χ1n) is 14.9. The monoisotopic (exact) mass is 590 g/mol. The highest BCUT2D eigenvalue weighted by molar-refractivity contribution is 7.90. The van der Waals surface area contributed by atoms with Crippen LogP contribution in [-0.2, 0) is 24.3 Å². The maximum Gasteiger partial charge on any atom is 0.254 e. The number of hydrogen-bond acceptors (Lipinski definition) is 7. The molecule has 2 N–H and O–H groups in total. The summed E-state index contributed by atoms with van der Waals surface area (Å²) in [6.45, 7) is 4.53. The third-order valence-corrected chi connectivity index (χ3v) is 9.93. The van der Waals surface area contributed by atoms with Crippen molar-refractivity contribution in [2.45, 2.75) is 57.8 Å². The lowest BCUT2D eigenvalue weighted by atomic mass is 10.1. The first-order chi connectivity index (χ1) is 20.4. The summed E-state index contributed by atoms with van der Waals surface area (Å²) in [5, 5.41) is 1.01. The number of imidazole rings is 1. The molecule has 222 valence electrons. The third-order valence-electron chi connectivity index (χ3n) is 9.17. The summed E-state index contributed by atoms with van der Waals surface area (Å²) < 4.78 is 28.3. The second-order valence-corrected chi connectivity index (χ2v) is 13.5. The number of fused-ring (bicyclic) bond motifs is 4. The standard InChI is InChI=1S/C31H38N6O4S/c1-4-41-26-10-8-19-14-24(36(29(19)34-26)16-18-5-6-18)30-33-22-13-21(31(38)37-17-20-7-9-23(37)27(20)32)15-25(40-2)28(22)35(30)11-12-42(3)39/h8,10,13-15,18,20,23,27H,4-7,9,11-12,16-17,32H2,1-3H3/t20-,23-,27-,42+/m1/s1. The second-order valence-electron chi connectivity index (χ2n) is 11.9. The average molecular weight is 591 g/mol. The Hall–Kier alpha value is -3.28. The Morgan fingerprint density at radius 3 is 2.64 bits per heavy atom. The molecule has 3 aromatic heterocycles. The van der Waals surface area contributed by atoms with Crippen molar-refractivity contribution in [3.8, 4) is 23.1 Å². The Morgan fingerprint density at radius 1 is 1.14 bits per heavy atom. The first kappa shape index (κ1) is 27.5. The van der Waals surface area contributed by atoms with Crippen LogP contribution in [0.15, 0.2) is 30.3 Å². The number of likely N-dealkylation sites (tertiary alicyclic amines) is 1. The van der Waals surface area contributed by atoms with Crippen LogP contribution in [-0.4, -0.2) is 78.8 Å². The van der Waals surface area contributed by atoms with Gasteiger partial charge in [0.05, 0.1) is 37.7 Å². The lowest BCUT2D eigenvalue weighted by Crippen LogP contribution is -2.41. The summed E-state index contributed by atoms with van der Waals surface area (Å²) in [5.74, 6) is 3.33. The van der Waals surface area contributed by atoms with E-state index in [1.807, 2.05) is 36.1 Å². The molecule has 0 spiro atoms. The minimum absolute atomic E-state index is 0.0286. The van der Waals surface area contributed by atoms with E-state index in [0.29, 0.717) is 60.0 Å². The maximum absolute atomic E-state index is 13.8. The zero-order chi connectivity index (χ0) is 29.1. The fraction of sp³-hybridized carbons (Fsp3) is 0.516. The molecule has 4 aromatic rings. The molecular weight excluding hydrogens is 552 g/mol. The molecule has 3 fully saturated rings. The Kier molecular flexibility index (Phi) is 7.06. The molecule has 0 radical (unpaired) electrons. The van der Waals surface area contributed by atoms with Gasteiger partial charge in [0, 0.05) is 42.2 Å². The Balaban J connectivity index is 1.38. The molecule has 1 aromatic carbocycles. The van der Waals surface area contributed by atoms with E-state index in [2.05, 4.69) is 15.2 Å². The quantitative estimate of drug-likeness (QED) is 0.279. The topological polar surface area (TPSA) is 123 Å². The number of hydrogen-bond donors (Lipinski definition) is 1. The van der Waals surface area contributed by atoms with E-state index in [9.17, 15) is 9.35 Å². The van der Waals surface area contributed by atoms with Gasteiger partial charge in [0.1, 0.15) is 22.7 Å². The zero-order valence-corrected chi connectivity index (χ0v) is 25.2. The molecule has 4 atom stereocenters. The zero-order valence-electron chi connectivity index (χ0n) is 24.4. The van der Waals surface area contributed by atoms with Gasteiger partial charge in [0.25, 0.3) is 5.91 Å². The summed E-state index contributed by atoms with van der Waals surface area (Å²) in [6, 6.07) is 9.90. The van der Waals surface area contributed by atoms with Crippen LogP contribution in [0, 0.1) is 11.8 Å². The van der Waals surface area contributed by atoms with Crippen LogP contribution in [0.3, 0.4) is 0 Å². The number of nitrogens with zero attached hydrogens (tertiary/aromatic N) is 5. The predicted octanol–water partition coefficient (Wildman–Crippen LogP) is 3.81. The molecule has 2 aliphatic carbocycles. The molecule has 1 amide bonds. The van der Waals surface area contributed by atoms with E-state index < -0.39 is 11.2 Å². The summed E-state index contributed by atoms with van der Waals surface area (Å²) in [5.41, 5.74) is 10.2. The predicted molar refractivity (Wildman–Crippen MR) is 163 cm³/mol. The summed E-state index contributed by atoms with van der Waals surface area (Å²) in [6.07, 6.45) is 6.13. The molecule has 11 heteroatoms. The van der Waals surface area contributed by atoms with Crippen LogP contribution < -0.4 is 15.2 Å². The summed E-state index contributed by atoms with van der Waals surface area (Å²) >= 11 is -1.01. The number of aromatic nitrogens is 4. The van der Waals surface area contributed by atoms with E-state index in [-0.39, 0.29) is 18.0 Å². The number of nitrogens with two attached hydrogens (primary N) is 1. The van der Waals surface area contributed by atoms with Gasteiger partial charge in [-0.15, -0.1) is 0 Å². The normalized spacial score (nSPS) is 22.4. The smallest absolute Gasteiger partial charge is 0.254 e. The van der Waals surface area contributed by atoms with Gasteiger partial charge >= 0.3 is 0 Å². The van der Waals surface area contributed by atoms with Gasteiger partial charge < -0.3 is 33.8 Å². The van der Waals surface area contributed by atoms with Crippen LogP contribution in [0.5, 0.6) is 11.6 Å². The molecule has 3 aliphatic rings. The van der Waals surface area contributed by atoms with Crippen LogP contribution in [0.4, 0.5) is 0 Å². The molecule has 1 aliphatic heterocycles. The van der Waals surface area contributed by atoms with E-state index in [4.69, 9.17) is 25.2 Å². The highest BCUT2D eigenvalue weighted by atomic mass is 32.2. The van der Waals surface area contributed by atoms with Gasteiger partial charge in [-0.25, -0.2) is 4.98 Å². The second kappa shape index (κ2) is 10.8. The largest absolute Gasteiger partial charge is 0.617 e. The van der Waals surface area contributed by atoms with E-state index >= 15 is 0 Å². The van der Waals surface area contributed by atoms with Crippen LogP contribution in [0.25, 0.3) is 33.6 Å². The van der Waals surface area contributed by atoms with Gasteiger partial charge in [-0.3, -0.25) is 4.79 Å². The minimum Gasteiger partial charge on any atom is -0.617 e. The van der Waals surface area contributed by atoms with Crippen molar-refractivity contribution < 1.29 is 18.8 Å². The molecule has 2 saturated carbocycles. The molecule has 0 unspecified atom stereocenters. The molecular formula is C31H38N6O4S. The molecule has 1 saturated heterocycles. The lowest BCUT2D eigenvalue weighted by Gasteiger charge is -2.27. The van der Waals surface area contributed by atoms with Crippen molar-refractivity contribution in [2.75, 3.05) is 32.3 Å². The number of aryl methyl sites for hydroxylation is 1. The van der Waals surface area contributed by atoms with Crippen molar-refractivity contribution in [3.05, 3.63) is 35.9 Å². The van der Waals surface area contributed by atoms with Gasteiger partial charge in [0.2, 0.25) is 5.88 Å². The number of amides is 1. The van der Waals surface area contributed by atoms with E-state index in [0.717, 1.165) is 47.5 Å². The number of benzene rings is 1. The van der Waals surface area contributed by atoms with Gasteiger partial charge in [0.15, 0.2) is 5.82 Å². The lowest BCUT2D eigenvalue weighted by molar-refractivity contribution is 0.0700. The third kappa shape index (κ3) is 4.71. The number of ether oxygens (including phenoxy) is 2. The number of carbonyl (C=O) groups is 1. The van der Waals surface area contributed by atoms with Crippen molar-refractivity contribution in [2.24, 2.45) is 17.6 Å². The highest BCUT2D eigenvalue weighted by Gasteiger charge is 2.47. The fourth-order valence-electron chi connectivity index (χ4n) is 6.86. The number of methoxy groups -OCH3 is 1. The summed E-state index contributed by atoms with van der Waals surface area (Å²) in [7, 11) is 1.62. The Labute approximate surface area is 248 Å². The molecule has 4 heterocycles. The fourth-order valence-corrected chi connectivity index (χ4v) is 7.30. The first-order valence-corrected chi connectivity index (χ1v) is 16.7. The number of rotatable bonds is 10. The number of carbonyl (C=O) groups excluding carboxylic acids is 1. The van der Waals surface area contributed by atoms with Crippen LogP contribution >= 0.6 is 0 Å². The van der Waals surface area contributed by atoms with E-state index in [1.54, 1.807) is 13.4 Å². The van der Waals surface area contributed by atoms with Gasteiger partial charge in [-0.2, -0.15) is 4.98 Å². The van der Waals surface area contributed by atoms with Gasteiger partial charge in [-0.05, 0) is 68.7 Å². The van der Waals surface area contributed by atoms with Gasteiger partial charge in [-0.1, -0.05) is 11.2 Å². The number of pyridine rings is 1. The van der Waals surface area contributed by atoms with Crippen molar-refractivity contribution in [1.29, 1.82) is 0 Å². The Bertz CT molecular complexity index is 1660. The van der Waals surface area contributed by atoms with Crippen molar-refractivity contribution in [3.63, 3.8) is 0 Å². The molecule has 10 nitrogen and oxygen atoms in total. The SMILES string of the molecule is CCOc1ccc2cc(-c3nc4cc(C(=O)N5C[C@H]6CC[C@@H]5[C@@H]6N)cc(OC)c4n3CC[S@+](C)[O-])n(CC3CC3)c2n1. The molecule has 2 bridgehead atoms. The van der Waals surface area contributed by atoms with E-state index in [1.165, 1.54) is 12.8 Å². The average Bonchev–Trinajstić information content (AvgIpc) is 3.34. The van der Waals surface area contributed by atoms with Crippen LogP contribution in [0.2, 0.25) is 0 Å². The van der Waals surface area contributed by atoms with Crippen molar-refractivity contribution >= 4 is 39.1 Å². The highest BCUT2D eigenvalue weighted by Crippen LogP contribution is 2.40. The Morgan fingerprint density at radius 2 is 1.98 bits per heavy atom. The minimum atomic E-state index is -1.01. The molecule has 42 heavy (non-hydrogen) atoms. The maximum atomic E-state index is 13.8.